The number of phenols is 1. The number of rotatable bonds is 6. The van der Waals surface area contributed by atoms with E-state index in [0.717, 1.165) is 19.4 Å². The van der Waals surface area contributed by atoms with Gasteiger partial charge in [0.1, 0.15) is 47.0 Å². The summed E-state index contributed by atoms with van der Waals surface area (Å²) in [6, 6.07) is 5.66. The molecule has 2 aromatic carbocycles. The van der Waals surface area contributed by atoms with Crippen molar-refractivity contribution in [1.82, 2.24) is 19.9 Å². The molecule has 44 heavy (non-hydrogen) atoms. The summed E-state index contributed by atoms with van der Waals surface area (Å²) in [5.41, 5.74) is -1.52. The van der Waals surface area contributed by atoms with Crippen molar-refractivity contribution in [2.75, 3.05) is 37.7 Å². The predicted octanol–water partition coefficient (Wildman–Crippen LogP) is 6.67. The lowest BCUT2D eigenvalue weighted by Crippen LogP contribution is -2.44. The fourth-order valence-corrected chi connectivity index (χ4v) is 7.57. The Morgan fingerprint density at radius 3 is 2.73 bits per heavy atom. The molecule has 0 spiro atoms. The number of halogens is 4. The second-order valence-electron chi connectivity index (χ2n) is 12.8. The molecule has 0 amide bonds. The highest BCUT2D eigenvalue weighted by Crippen LogP contribution is 2.42. The van der Waals surface area contributed by atoms with Gasteiger partial charge in [-0.2, -0.15) is 9.97 Å². The molecule has 0 saturated carbocycles. The first-order valence-corrected chi connectivity index (χ1v) is 15.3. The van der Waals surface area contributed by atoms with Gasteiger partial charge in [-0.15, -0.1) is 0 Å². The first kappa shape index (κ1) is 29.0. The number of ether oxygens (including phenoxy) is 1. The zero-order valence-electron chi connectivity index (χ0n) is 24.8. The molecule has 232 valence electrons. The number of hydrogen-bond acceptors (Lipinski definition) is 7. The van der Waals surface area contributed by atoms with Gasteiger partial charge in [0.25, 0.3) is 0 Å². The van der Waals surface area contributed by atoms with Gasteiger partial charge in [0.15, 0.2) is 5.82 Å². The topological polar surface area (TPSA) is 74.6 Å². The number of alkyl halides is 2. The predicted molar refractivity (Wildman–Crippen MR) is 161 cm³/mol. The number of nitrogens with zero attached hydrogens (tertiary/aromatic N) is 5. The summed E-state index contributed by atoms with van der Waals surface area (Å²) in [7, 11) is 0. The van der Waals surface area contributed by atoms with Crippen LogP contribution in [0.3, 0.4) is 0 Å². The minimum Gasteiger partial charge on any atom is -0.508 e. The van der Waals surface area contributed by atoms with Gasteiger partial charge in [0.2, 0.25) is 0 Å². The number of aryl methyl sites for hydroxylation is 1. The van der Waals surface area contributed by atoms with E-state index in [1.807, 2.05) is 0 Å². The van der Waals surface area contributed by atoms with E-state index >= 15 is 8.78 Å². The highest BCUT2D eigenvalue weighted by molar-refractivity contribution is 6.01. The molecule has 7 nitrogen and oxygen atoms in total. The van der Waals surface area contributed by atoms with E-state index in [0.29, 0.717) is 60.9 Å². The lowest BCUT2D eigenvalue weighted by molar-refractivity contribution is 0.107. The van der Waals surface area contributed by atoms with Crippen molar-refractivity contribution >= 4 is 27.5 Å². The largest absolute Gasteiger partial charge is 0.508 e. The number of hydrogen-bond donors (Lipinski definition) is 1. The Hall–Kier alpha value is -3.73. The van der Waals surface area contributed by atoms with Crippen LogP contribution in [-0.2, 0) is 6.42 Å². The number of piperidine rings is 1. The summed E-state index contributed by atoms with van der Waals surface area (Å²) in [5, 5.41) is 11.8. The van der Waals surface area contributed by atoms with Crippen molar-refractivity contribution in [2.24, 2.45) is 0 Å². The Bertz CT molecular complexity index is 1770. The lowest BCUT2D eigenvalue weighted by Gasteiger charge is -2.36. The Labute approximate surface area is 252 Å². The van der Waals surface area contributed by atoms with Gasteiger partial charge in [0.05, 0.1) is 17.5 Å². The quantitative estimate of drug-likeness (QED) is 0.245. The van der Waals surface area contributed by atoms with E-state index in [1.165, 1.54) is 31.3 Å². The maximum atomic E-state index is 16.7. The summed E-state index contributed by atoms with van der Waals surface area (Å²) in [6.07, 6.45) is 3.89. The second-order valence-corrected chi connectivity index (χ2v) is 12.8. The van der Waals surface area contributed by atoms with Gasteiger partial charge >= 0.3 is 6.01 Å². The molecule has 0 bridgehead atoms. The van der Waals surface area contributed by atoms with E-state index in [2.05, 4.69) is 19.9 Å². The van der Waals surface area contributed by atoms with Crippen LogP contribution in [0.1, 0.15) is 51.5 Å². The van der Waals surface area contributed by atoms with Crippen LogP contribution in [0, 0.1) is 11.6 Å². The van der Waals surface area contributed by atoms with Gasteiger partial charge in [0, 0.05) is 31.3 Å². The van der Waals surface area contributed by atoms with Gasteiger partial charge in [-0.25, -0.2) is 17.6 Å². The maximum Gasteiger partial charge on any atom is 0.319 e. The normalized spacial score (nSPS) is 25.7. The average molecular weight is 610 g/mol. The van der Waals surface area contributed by atoms with Gasteiger partial charge in [-0.3, -0.25) is 9.88 Å². The average Bonchev–Trinajstić information content (AvgIpc) is 3.51. The SMILES string of the molecule is CCc1c(F)ccc2cc(O)cc(-c3ncc4c(N5CCC[C@](C)(F)C5)nc(OC[C@@]56CCCN5C[C@H](F)C6)nc4c3F)c12. The van der Waals surface area contributed by atoms with Crippen LogP contribution in [0.4, 0.5) is 23.4 Å². The molecule has 3 aliphatic heterocycles. The van der Waals surface area contributed by atoms with Crippen LogP contribution in [0.25, 0.3) is 32.9 Å². The van der Waals surface area contributed by atoms with E-state index < -0.39 is 29.0 Å². The molecule has 2 aromatic heterocycles. The Morgan fingerprint density at radius 2 is 1.93 bits per heavy atom. The number of benzene rings is 2. The van der Waals surface area contributed by atoms with E-state index in [-0.39, 0.29) is 47.1 Å². The molecule has 1 N–H and O–H groups in total. The number of aromatic hydroxyl groups is 1. The van der Waals surface area contributed by atoms with Crippen molar-refractivity contribution in [2.45, 2.75) is 69.8 Å². The van der Waals surface area contributed by atoms with Crippen LogP contribution in [0.5, 0.6) is 11.8 Å². The van der Waals surface area contributed by atoms with Crippen molar-refractivity contribution in [3.63, 3.8) is 0 Å². The number of pyridine rings is 1. The molecule has 3 atom stereocenters. The van der Waals surface area contributed by atoms with E-state index in [4.69, 9.17) is 4.74 Å². The first-order valence-electron chi connectivity index (χ1n) is 15.3. The van der Waals surface area contributed by atoms with Crippen molar-refractivity contribution in [3.8, 4) is 23.0 Å². The lowest BCUT2D eigenvalue weighted by atomic mass is 9.94. The maximum absolute atomic E-state index is 16.7. The minimum absolute atomic E-state index is 0.0551. The Kier molecular flexibility index (Phi) is 7.06. The number of anilines is 1. The standard InChI is InChI=1S/C33H35F4N5O2/c1-3-22-25(35)7-6-19-12-21(43)13-23(26(19)22)28-27(36)29-24(15-38-28)30(41-10-4-8-32(2,37)17-41)40-31(39-29)44-18-33-9-5-11-42(33)16-20(34)14-33/h6-7,12-13,15,20,43H,3-5,8-11,14,16-18H2,1-2H3/t20-,32+,33+/m1/s1. The van der Waals surface area contributed by atoms with Crippen LogP contribution in [0.2, 0.25) is 0 Å². The van der Waals surface area contributed by atoms with E-state index in [1.54, 1.807) is 17.9 Å². The summed E-state index contributed by atoms with van der Waals surface area (Å²) in [6.45, 7) is 5.20. The molecule has 4 aromatic rings. The molecule has 3 saturated heterocycles. The smallest absolute Gasteiger partial charge is 0.319 e. The monoisotopic (exact) mass is 609 g/mol. The molecule has 0 aliphatic carbocycles. The molecule has 3 aliphatic rings. The molecular formula is C33H35F4N5O2. The number of aromatic nitrogens is 3. The first-order chi connectivity index (χ1) is 21.1. The third-order valence-electron chi connectivity index (χ3n) is 9.58. The van der Waals surface area contributed by atoms with Gasteiger partial charge in [-0.05, 0) is 80.1 Å². The van der Waals surface area contributed by atoms with Gasteiger partial charge in [-0.1, -0.05) is 13.0 Å². The summed E-state index contributed by atoms with van der Waals surface area (Å²) in [4.78, 5) is 17.5. The third-order valence-corrected chi connectivity index (χ3v) is 9.58. The molecular weight excluding hydrogens is 574 g/mol. The molecule has 0 radical (unpaired) electrons. The summed E-state index contributed by atoms with van der Waals surface area (Å²) in [5.74, 6) is -1.04. The van der Waals surface area contributed by atoms with Crippen molar-refractivity contribution < 1.29 is 27.4 Å². The van der Waals surface area contributed by atoms with Crippen molar-refractivity contribution in [3.05, 3.63) is 47.7 Å². The highest BCUT2D eigenvalue weighted by atomic mass is 19.1. The summed E-state index contributed by atoms with van der Waals surface area (Å²) >= 11 is 0. The second kappa shape index (κ2) is 10.7. The van der Waals surface area contributed by atoms with E-state index in [9.17, 15) is 13.9 Å². The molecule has 7 rings (SSSR count). The number of phenolic OH excluding ortho intramolecular Hbond substituents is 1. The fraction of sp³-hybridized carbons (Fsp3) is 0.485. The fourth-order valence-electron chi connectivity index (χ4n) is 7.57. The Balaban J connectivity index is 1.38. The van der Waals surface area contributed by atoms with Crippen LogP contribution < -0.4 is 9.64 Å². The molecule has 11 heteroatoms. The van der Waals surface area contributed by atoms with Crippen LogP contribution in [-0.4, -0.2) is 75.1 Å². The highest BCUT2D eigenvalue weighted by Gasteiger charge is 2.49. The van der Waals surface area contributed by atoms with Crippen molar-refractivity contribution in [1.29, 1.82) is 0 Å². The third kappa shape index (κ3) is 4.89. The zero-order valence-corrected chi connectivity index (χ0v) is 24.8. The molecule has 0 unspecified atom stereocenters. The van der Waals surface area contributed by atoms with Gasteiger partial charge < -0.3 is 14.7 Å². The Morgan fingerprint density at radius 1 is 1.11 bits per heavy atom. The minimum atomic E-state index is -1.47. The molecule has 5 heterocycles. The zero-order chi connectivity index (χ0) is 30.8. The number of fused-ring (bicyclic) bond motifs is 3. The summed E-state index contributed by atoms with van der Waals surface area (Å²) < 4.78 is 67.4. The van der Waals surface area contributed by atoms with Crippen LogP contribution in [0.15, 0.2) is 30.5 Å². The van der Waals surface area contributed by atoms with Crippen LogP contribution >= 0.6 is 0 Å². The molecule has 3 fully saturated rings.